The summed E-state index contributed by atoms with van der Waals surface area (Å²) in [7, 11) is 1.38. The summed E-state index contributed by atoms with van der Waals surface area (Å²) in [6.45, 7) is 5.29. The third-order valence-corrected chi connectivity index (χ3v) is 1.99. The minimum atomic E-state index is -0.184. The van der Waals surface area contributed by atoms with Gasteiger partial charge >= 0.3 is 5.97 Å². The van der Waals surface area contributed by atoms with Crippen molar-refractivity contribution in [3.8, 4) is 0 Å². The van der Waals surface area contributed by atoms with Crippen molar-refractivity contribution < 1.29 is 14.3 Å². The fraction of sp³-hybridized carbons (Fsp3) is 0.636. The minimum absolute atomic E-state index is 0.114. The van der Waals surface area contributed by atoms with Crippen LogP contribution >= 0.6 is 0 Å². The van der Waals surface area contributed by atoms with E-state index in [4.69, 9.17) is 0 Å². The van der Waals surface area contributed by atoms with Gasteiger partial charge in [0.25, 0.3) is 0 Å². The summed E-state index contributed by atoms with van der Waals surface area (Å²) in [5.74, 6) is -0.0701. The van der Waals surface area contributed by atoms with E-state index in [0.29, 0.717) is 18.4 Å². The molecule has 0 aliphatic carbocycles. The van der Waals surface area contributed by atoms with E-state index < -0.39 is 0 Å². The fourth-order valence-electron chi connectivity index (χ4n) is 1.05. The van der Waals surface area contributed by atoms with E-state index in [1.807, 2.05) is 0 Å². The van der Waals surface area contributed by atoms with E-state index in [-0.39, 0.29) is 11.8 Å². The molecule has 0 atom stereocenters. The van der Waals surface area contributed by atoms with E-state index in [1.54, 1.807) is 6.92 Å². The average Bonchev–Trinajstić information content (AvgIpc) is 2.16. The van der Waals surface area contributed by atoms with Crippen LogP contribution in [0.3, 0.4) is 0 Å². The molecule has 0 aromatic rings. The number of rotatable bonds is 7. The molecule has 80 valence electrons. The second-order valence-corrected chi connectivity index (χ2v) is 3.34. The molecule has 0 aliphatic rings. The summed E-state index contributed by atoms with van der Waals surface area (Å²) in [4.78, 5) is 21.8. The van der Waals surface area contributed by atoms with Gasteiger partial charge in [0.15, 0.2) is 5.78 Å². The number of esters is 1. The van der Waals surface area contributed by atoms with Gasteiger partial charge < -0.3 is 4.74 Å². The second kappa shape index (κ2) is 7.30. The number of ether oxygens (including phenoxy) is 1. The molecule has 0 fully saturated rings. The van der Waals surface area contributed by atoms with Crippen LogP contribution in [-0.2, 0) is 14.3 Å². The second-order valence-electron chi connectivity index (χ2n) is 3.34. The summed E-state index contributed by atoms with van der Waals surface area (Å²) >= 11 is 0. The first-order valence-electron chi connectivity index (χ1n) is 4.83. The SMILES string of the molecule is C=C(C)C(=O)CCCCCC(=O)OC. The monoisotopic (exact) mass is 198 g/mol. The standard InChI is InChI=1S/C11H18O3/c1-9(2)10(12)7-5-4-6-8-11(13)14-3/h1,4-8H2,2-3H3. The van der Waals surface area contributed by atoms with Gasteiger partial charge in [0.05, 0.1) is 7.11 Å². The maximum Gasteiger partial charge on any atom is 0.305 e. The Hall–Kier alpha value is -1.12. The smallest absolute Gasteiger partial charge is 0.305 e. The zero-order valence-corrected chi connectivity index (χ0v) is 8.97. The maximum absolute atomic E-state index is 11.1. The lowest BCUT2D eigenvalue weighted by Crippen LogP contribution is -2.00. The number of carbonyl (C=O) groups is 2. The molecule has 0 N–H and O–H groups in total. The van der Waals surface area contributed by atoms with Crippen LogP contribution in [0.15, 0.2) is 12.2 Å². The molecule has 3 nitrogen and oxygen atoms in total. The summed E-state index contributed by atoms with van der Waals surface area (Å²) in [5.41, 5.74) is 0.609. The number of methoxy groups -OCH3 is 1. The average molecular weight is 198 g/mol. The van der Waals surface area contributed by atoms with Crippen LogP contribution in [0.5, 0.6) is 0 Å². The van der Waals surface area contributed by atoms with Crippen LogP contribution in [0, 0.1) is 0 Å². The van der Waals surface area contributed by atoms with Crippen molar-refractivity contribution in [2.24, 2.45) is 0 Å². The Labute approximate surface area is 85.1 Å². The molecule has 0 spiro atoms. The maximum atomic E-state index is 11.1. The molecule has 0 bridgehead atoms. The quantitative estimate of drug-likeness (QED) is 0.358. The molecule has 0 rings (SSSR count). The number of carbonyl (C=O) groups excluding carboxylic acids is 2. The van der Waals surface area contributed by atoms with Crippen molar-refractivity contribution in [1.82, 2.24) is 0 Å². The van der Waals surface area contributed by atoms with E-state index in [1.165, 1.54) is 7.11 Å². The first-order valence-corrected chi connectivity index (χ1v) is 4.83. The van der Waals surface area contributed by atoms with E-state index >= 15 is 0 Å². The molecule has 0 heterocycles. The third-order valence-electron chi connectivity index (χ3n) is 1.99. The van der Waals surface area contributed by atoms with Crippen molar-refractivity contribution in [3.05, 3.63) is 12.2 Å². The highest BCUT2D eigenvalue weighted by Crippen LogP contribution is 2.06. The van der Waals surface area contributed by atoms with Gasteiger partial charge in [-0.15, -0.1) is 0 Å². The Bertz CT molecular complexity index is 219. The Balaban J connectivity index is 3.34. The Kier molecular flexibility index (Phi) is 6.72. The van der Waals surface area contributed by atoms with Crippen molar-refractivity contribution in [2.45, 2.75) is 39.0 Å². The Morgan fingerprint density at radius 1 is 1.14 bits per heavy atom. The van der Waals surface area contributed by atoms with Crippen LogP contribution in [-0.4, -0.2) is 18.9 Å². The lowest BCUT2D eigenvalue weighted by atomic mass is 10.1. The molecule has 0 aromatic heterocycles. The van der Waals surface area contributed by atoms with Crippen molar-refractivity contribution >= 4 is 11.8 Å². The van der Waals surface area contributed by atoms with Crippen molar-refractivity contribution in [2.75, 3.05) is 7.11 Å². The molecular formula is C11H18O3. The number of allylic oxidation sites excluding steroid dienone is 1. The zero-order valence-electron chi connectivity index (χ0n) is 8.97. The van der Waals surface area contributed by atoms with Gasteiger partial charge in [-0.2, -0.15) is 0 Å². The lowest BCUT2D eigenvalue weighted by molar-refractivity contribution is -0.140. The topological polar surface area (TPSA) is 43.4 Å². The number of hydrogen-bond donors (Lipinski definition) is 0. The van der Waals surface area contributed by atoms with Gasteiger partial charge in [0.2, 0.25) is 0 Å². The highest BCUT2D eigenvalue weighted by molar-refractivity contribution is 5.93. The lowest BCUT2D eigenvalue weighted by Gasteiger charge is -2.00. The molecule has 14 heavy (non-hydrogen) atoms. The zero-order chi connectivity index (χ0) is 11.0. The van der Waals surface area contributed by atoms with Crippen LogP contribution in [0.2, 0.25) is 0 Å². The summed E-state index contributed by atoms with van der Waals surface area (Å²) < 4.78 is 4.50. The minimum Gasteiger partial charge on any atom is -0.469 e. The molecular weight excluding hydrogens is 180 g/mol. The van der Waals surface area contributed by atoms with Gasteiger partial charge in [-0.05, 0) is 25.3 Å². The predicted octanol–water partition coefficient (Wildman–Crippen LogP) is 2.26. The van der Waals surface area contributed by atoms with Crippen LogP contribution in [0.4, 0.5) is 0 Å². The normalized spacial score (nSPS) is 9.57. The molecule has 3 heteroatoms. The first kappa shape index (κ1) is 12.9. The summed E-state index contributed by atoms with van der Waals surface area (Å²) in [5, 5.41) is 0. The first-order chi connectivity index (χ1) is 6.57. The van der Waals surface area contributed by atoms with E-state index in [0.717, 1.165) is 19.3 Å². The van der Waals surface area contributed by atoms with Gasteiger partial charge in [0, 0.05) is 12.8 Å². The third kappa shape index (κ3) is 6.40. The molecule has 0 unspecified atom stereocenters. The fourth-order valence-corrected chi connectivity index (χ4v) is 1.05. The number of ketones is 1. The number of hydrogen-bond acceptors (Lipinski definition) is 3. The van der Waals surface area contributed by atoms with Gasteiger partial charge in [-0.1, -0.05) is 13.0 Å². The number of Topliss-reactive ketones (excluding diaryl/α,β-unsaturated/α-hetero) is 1. The van der Waals surface area contributed by atoms with E-state index in [2.05, 4.69) is 11.3 Å². The molecule has 0 saturated heterocycles. The van der Waals surface area contributed by atoms with Gasteiger partial charge in [0.1, 0.15) is 0 Å². The molecule has 0 amide bonds. The summed E-state index contributed by atoms with van der Waals surface area (Å²) in [6.07, 6.45) is 3.47. The van der Waals surface area contributed by atoms with Gasteiger partial charge in [-0.3, -0.25) is 9.59 Å². The molecule has 0 aliphatic heterocycles. The Morgan fingerprint density at radius 3 is 2.21 bits per heavy atom. The van der Waals surface area contributed by atoms with Crippen molar-refractivity contribution in [1.29, 1.82) is 0 Å². The highest BCUT2D eigenvalue weighted by Gasteiger charge is 2.03. The van der Waals surface area contributed by atoms with Crippen LogP contribution in [0.1, 0.15) is 39.0 Å². The molecule has 0 saturated carbocycles. The van der Waals surface area contributed by atoms with Crippen LogP contribution < -0.4 is 0 Å². The Morgan fingerprint density at radius 2 is 1.71 bits per heavy atom. The number of unbranched alkanes of at least 4 members (excludes halogenated alkanes) is 2. The molecule has 0 radical (unpaired) electrons. The summed E-state index contributed by atoms with van der Waals surface area (Å²) in [6, 6.07) is 0. The highest BCUT2D eigenvalue weighted by atomic mass is 16.5. The van der Waals surface area contributed by atoms with E-state index in [9.17, 15) is 9.59 Å². The molecule has 0 aromatic carbocycles. The largest absolute Gasteiger partial charge is 0.469 e. The predicted molar refractivity (Wildman–Crippen MR) is 54.9 cm³/mol. The van der Waals surface area contributed by atoms with Gasteiger partial charge in [-0.25, -0.2) is 0 Å². The van der Waals surface area contributed by atoms with Crippen LogP contribution in [0.25, 0.3) is 0 Å². The van der Waals surface area contributed by atoms with Crippen molar-refractivity contribution in [3.63, 3.8) is 0 Å².